The van der Waals surface area contributed by atoms with Crippen LogP contribution < -0.4 is 10.5 Å². The number of fused-ring (bicyclic) bond motifs is 1. The van der Waals surface area contributed by atoms with E-state index in [9.17, 15) is 9.59 Å². The molecule has 1 aliphatic heterocycles. The standard InChI is InChI=1S/C25H28N2O3S/c1-16-14-17(10-11-20(16)30-2)6-5-9-22(28)27-13-12-18(15-27)23-19-7-3-4-8-21(19)31-24(23)25(26)29/h3-4,7-8,10-11,14,18H,5-6,9,12-13,15H2,1-2H3,(H2,26,29)/t18-/m1/s1. The van der Waals surface area contributed by atoms with Gasteiger partial charge in [-0.05, 0) is 60.4 Å². The number of methoxy groups -OCH3 is 1. The molecule has 0 aliphatic carbocycles. The zero-order chi connectivity index (χ0) is 22.0. The lowest BCUT2D eigenvalue weighted by Gasteiger charge is -2.17. The van der Waals surface area contributed by atoms with Crippen molar-refractivity contribution in [2.45, 2.75) is 38.5 Å². The fraction of sp³-hybridized carbons (Fsp3) is 0.360. The van der Waals surface area contributed by atoms with Crippen molar-refractivity contribution >= 4 is 33.2 Å². The van der Waals surface area contributed by atoms with E-state index in [1.165, 1.54) is 16.9 Å². The molecule has 0 radical (unpaired) electrons. The SMILES string of the molecule is COc1ccc(CCCC(=O)N2CC[C@@H](c3c(C(N)=O)sc4ccccc34)C2)cc1C. The molecule has 3 aromatic rings. The molecule has 4 rings (SSSR count). The molecule has 1 fully saturated rings. The van der Waals surface area contributed by atoms with Gasteiger partial charge in [0.2, 0.25) is 5.91 Å². The zero-order valence-corrected chi connectivity index (χ0v) is 18.8. The summed E-state index contributed by atoms with van der Waals surface area (Å²) in [5.41, 5.74) is 9.03. The lowest BCUT2D eigenvalue weighted by atomic mass is 9.95. The number of thiophene rings is 1. The summed E-state index contributed by atoms with van der Waals surface area (Å²) in [6, 6.07) is 14.2. The van der Waals surface area contributed by atoms with E-state index < -0.39 is 0 Å². The first-order valence-electron chi connectivity index (χ1n) is 10.7. The minimum atomic E-state index is -0.379. The molecule has 31 heavy (non-hydrogen) atoms. The van der Waals surface area contributed by atoms with Crippen LogP contribution >= 0.6 is 11.3 Å². The Labute approximate surface area is 186 Å². The number of aryl methyl sites for hydroxylation is 2. The number of benzene rings is 2. The first-order chi connectivity index (χ1) is 15.0. The molecule has 6 heteroatoms. The first kappa shape index (κ1) is 21.4. The van der Waals surface area contributed by atoms with E-state index in [0.717, 1.165) is 52.8 Å². The van der Waals surface area contributed by atoms with E-state index in [4.69, 9.17) is 10.5 Å². The number of carbonyl (C=O) groups is 2. The maximum atomic E-state index is 12.8. The monoisotopic (exact) mass is 436 g/mol. The third-order valence-corrected chi connectivity index (χ3v) is 7.32. The summed E-state index contributed by atoms with van der Waals surface area (Å²) < 4.78 is 6.39. The quantitative estimate of drug-likeness (QED) is 0.586. The largest absolute Gasteiger partial charge is 0.496 e. The number of carbonyl (C=O) groups excluding carboxylic acids is 2. The van der Waals surface area contributed by atoms with E-state index in [0.29, 0.717) is 17.8 Å². The van der Waals surface area contributed by atoms with Crippen molar-refractivity contribution in [3.05, 3.63) is 64.0 Å². The van der Waals surface area contributed by atoms with E-state index in [1.54, 1.807) is 7.11 Å². The van der Waals surface area contributed by atoms with Gasteiger partial charge in [0.15, 0.2) is 0 Å². The summed E-state index contributed by atoms with van der Waals surface area (Å²) in [6.45, 7) is 3.42. The van der Waals surface area contributed by atoms with Crippen molar-refractivity contribution < 1.29 is 14.3 Å². The molecule has 1 saturated heterocycles. The molecule has 2 amide bonds. The molecule has 1 atom stereocenters. The van der Waals surface area contributed by atoms with E-state index >= 15 is 0 Å². The lowest BCUT2D eigenvalue weighted by Crippen LogP contribution is -2.28. The molecule has 1 aromatic heterocycles. The Bertz CT molecular complexity index is 1120. The van der Waals surface area contributed by atoms with Crippen LogP contribution in [0.4, 0.5) is 0 Å². The van der Waals surface area contributed by atoms with Gasteiger partial charge in [0.05, 0.1) is 12.0 Å². The van der Waals surface area contributed by atoms with Crippen molar-refractivity contribution in [2.24, 2.45) is 5.73 Å². The average molecular weight is 437 g/mol. The minimum Gasteiger partial charge on any atom is -0.496 e. The van der Waals surface area contributed by atoms with Crippen molar-refractivity contribution in [1.82, 2.24) is 4.90 Å². The molecule has 2 aromatic carbocycles. The summed E-state index contributed by atoms with van der Waals surface area (Å²) in [5, 5.41) is 1.09. The van der Waals surface area contributed by atoms with Crippen LogP contribution in [0.15, 0.2) is 42.5 Å². The van der Waals surface area contributed by atoms with Gasteiger partial charge in [0.1, 0.15) is 5.75 Å². The van der Waals surface area contributed by atoms with Crippen molar-refractivity contribution in [3.63, 3.8) is 0 Å². The van der Waals surface area contributed by atoms with Crippen molar-refractivity contribution in [1.29, 1.82) is 0 Å². The zero-order valence-electron chi connectivity index (χ0n) is 18.0. The van der Waals surface area contributed by atoms with Gasteiger partial charge < -0.3 is 15.4 Å². The number of hydrogen-bond donors (Lipinski definition) is 1. The average Bonchev–Trinajstić information content (AvgIpc) is 3.38. The van der Waals surface area contributed by atoms with E-state index in [2.05, 4.69) is 18.2 Å². The Morgan fingerprint density at radius 3 is 2.77 bits per heavy atom. The second-order valence-electron chi connectivity index (χ2n) is 8.19. The van der Waals surface area contributed by atoms with Gasteiger partial charge in [-0.15, -0.1) is 11.3 Å². The molecule has 5 nitrogen and oxygen atoms in total. The van der Waals surface area contributed by atoms with Crippen molar-refractivity contribution in [2.75, 3.05) is 20.2 Å². The molecule has 2 heterocycles. The fourth-order valence-electron chi connectivity index (χ4n) is 4.57. The van der Waals surface area contributed by atoms with Crippen LogP contribution in [0.1, 0.15) is 51.5 Å². The van der Waals surface area contributed by atoms with Gasteiger partial charge in [0.25, 0.3) is 5.91 Å². The minimum absolute atomic E-state index is 0.159. The van der Waals surface area contributed by atoms with Crippen LogP contribution in [0.2, 0.25) is 0 Å². The predicted molar refractivity (Wildman–Crippen MR) is 125 cm³/mol. The number of hydrogen-bond acceptors (Lipinski definition) is 4. The van der Waals surface area contributed by atoms with Gasteiger partial charge >= 0.3 is 0 Å². The summed E-state index contributed by atoms with van der Waals surface area (Å²) in [5.74, 6) is 0.856. The van der Waals surface area contributed by atoms with Gasteiger partial charge in [-0.1, -0.05) is 30.3 Å². The smallest absolute Gasteiger partial charge is 0.259 e. The Morgan fingerprint density at radius 1 is 1.23 bits per heavy atom. The van der Waals surface area contributed by atoms with Gasteiger partial charge in [-0.25, -0.2) is 0 Å². The molecule has 2 N–H and O–H groups in total. The molecular weight excluding hydrogens is 408 g/mol. The molecular formula is C25H28N2O3S. The third kappa shape index (κ3) is 4.44. The number of nitrogens with zero attached hydrogens (tertiary/aromatic N) is 1. The number of rotatable bonds is 7. The highest BCUT2D eigenvalue weighted by molar-refractivity contribution is 7.21. The van der Waals surface area contributed by atoms with Crippen molar-refractivity contribution in [3.8, 4) is 5.75 Å². The Balaban J connectivity index is 1.38. The second kappa shape index (κ2) is 9.10. The predicted octanol–water partition coefficient (Wildman–Crippen LogP) is 4.66. The molecule has 162 valence electrons. The van der Waals surface area contributed by atoms with Crippen LogP contribution in [0.3, 0.4) is 0 Å². The number of amides is 2. The second-order valence-corrected chi connectivity index (χ2v) is 9.24. The van der Waals surface area contributed by atoms with Crippen LogP contribution in [-0.2, 0) is 11.2 Å². The topological polar surface area (TPSA) is 72.6 Å². The van der Waals surface area contributed by atoms with Crippen LogP contribution in [0.5, 0.6) is 5.75 Å². The normalized spacial score (nSPS) is 16.1. The van der Waals surface area contributed by atoms with E-state index in [-0.39, 0.29) is 17.7 Å². The summed E-state index contributed by atoms with van der Waals surface area (Å²) in [6.07, 6.45) is 3.09. The Morgan fingerprint density at radius 2 is 2.03 bits per heavy atom. The summed E-state index contributed by atoms with van der Waals surface area (Å²) in [7, 11) is 1.68. The van der Waals surface area contributed by atoms with Crippen LogP contribution in [0.25, 0.3) is 10.1 Å². The number of primary amides is 1. The highest BCUT2D eigenvalue weighted by Crippen LogP contribution is 2.40. The van der Waals surface area contributed by atoms with E-state index in [1.807, 2.05) is 36.1 Å². The Hall–Kier alpha value is -2.86. The fourth-order valence-corrected chi connectivity index (χ4v) is 5.72. The number of ether oxygens (including phenoxy) is 1. The molecule has 0 unspecified atom stereocenters. The summed E-state index contributed by atoms with van der Waals surface area (Å²) in [4.78, 5) is 27.4. The molecule has 0 saturated carbocycles. The third-order valence-electron chi connectivity index (χ3n) is 6.12. The molecule has 0 bridgehead atoms. The highest BCUT2D eigenvalue weighted by atomic mass is 32.1. The van der Waals surface area contributed by atoms with Crippen LogP contribution in [-0.4, -0.2) is 36.9 Å². The van der Waals surface area contributed by atoms with Gasteiger partial charge in [-0.2, -0.15) is 0 Å². The highest BCUT2D eigenvalue weighted by Gasteiger charge is 2.31. The number of likely N-dealkylation sites (tertiary alicyclic amines) is 1. The van der Waals surface area contributed by atoms with Crippen LogP contribution in [0, 0.1) is 6.92 Å². The Kier molecular flexibility index (Phi) is 6.28. The summed E-state index contributed by atoms with van der Waals surface area (Å²) >= 11 is 1.46. The maximum Gasteiger partial charge on any atom is 0.259 e. The molecule has 0 spiro atoms. The maximum absolute atomic E-state index is 12.8. The first-order valence-corrected chi connectivity index (χ1v) is 11.5. The van der Waals surface area contributed by atoms with Gasteiger partial charge in [0, 0.05) is 30.1 Å². The van der Waals surface area contributed by atoms with Gasteiger partial charge in [-0.3, -0.25) is 9.59 Å². The number of nitrogens with two attached hydrogens (primary N) is 1. The lowest BCUT2D eigenvalue weighted by molar-refractivity contribution is -0.130. The molecule has 1 aliphatic rings.